The summed E-state index contributed by atoms with van der Waals surface area (Å²) >= 11 is 0. The molecular weight excluding hydrogens is 375 g/mol. The Bertz CT molecular complexity index is 685. The van der Waals surface area contributed by atoms with Crippen LogP contribution in [0.1, 0.15) is 71.7 Å². The summed E-state index contributed by atoms with van der Waals surface area (Å²) in [6.45, 7) is 2.23. The molecular formula is C22H29F5O. The lowest BCUT2D eigenvalue weighted by Gasteiger charge is -2.35. The molecule has 28 heavy (non-hydrogen) atoms. The summed E-state index contributed by atoms with van der Waals surface area (Å²) in [6, 6.07) is 1.87. The van der Waals surface area contributed by atoms with Crippen molar-refractivity contribution in [3.8, 4) is 5.75 Å². The normalized spacial score (nSPS) is 26.1. The molecule has 0 radical (unpaired) electrons. The standard InChI is InChI=1S/C22H27F5O.H2/c1-2-3-14-4-6-15(7-5-14)16-8-10-17(11-9-16)18-12-19(23)21(20(24)13-18)28-22(25,26)27;/h10,12-16H,2-9,11H2,1H3;1H. The van der Waals surface area contributed by atoms with Gasteiger partial charge in [-0.2, -0.15) is 0 Å². The molecule has 0 N–H and O–H groups in total. The summed E-state index contributed by atoms with van der Waals surface area (Å²) in [5, 5.41) is 0. The summed E-state index contributed by atoms with van der Waals surface area (Å²) in [5.74, 6) is -1.89. The first-order valence-corrected chi connectivity index (χ1v) is 10.2. The van der Waals surface area contributed by atoms with Crippen LogP contribution in [0.2, 0.25) is 0 Å². The Labute approximate surface area is 164 Å². The third kappa shape index (κ3) is 5.26. The van der Waals surface area contributed by atoms with Gasteiger partial charge in [0, 0.05) is 1.43 Å². The molecule has 2 aliphatic rings. The predicted octanol–water partition coefficient (Wildman–Crippen LogP) is 7.90. The van der Waals surface area contributed by atoms with E-state index in [-0.39, 0.29) is 1.43 Å². The van der Waals surface area contributed by atoms with E-state index >= 15 is 0 Å². The number of hydrogen-bond donors (Lipinski definition) is 0. The predicted molar refractivity (Wildman–Crippen MR) is 101 cm³/mol. The third-order valence-electron chi connectivity index (χ3n) is 6.29. The highest BCUT2D eigenvalue weighted by atomic mass is 19.4. The maximum atomic E-state index is 14.0. The smallest absolute Gasteiger partial charge is 0.399 e. The monoisotopic (exact) mass is 404 g/mol. The van der Waals surface area contributed by atoms with Gasteiger partial charge in [0.2, 0.25) is 5.75 Å². The van der Waals surface area contributed by atoms with E-state index in [1.807, 2.05) is 6.08 Å². The molecule has 2 aliphatic carbocycles. The number of halogens is 5. The average Bonchev–Trinajstić information content (AvgIpc) is 2.65. The quantitative estimate of drug-likeness (QED) is 0.453. The Hall–Kier alpha value is -1.59. The first-order valence-electron chi connectivity index (χ1n) is 10.2. The van der Waals surface area contributed by atoms with E-state index in [4.69, 9.17) is 0 Å². The zero-order valence-electron chi connectivity index (χ0n) is 16.1. The topological polar surface area (TPSA) is 9.23 Å². The van der Waals surface area contributed by atoms with Crippen LogP contribution in [0.25, 0.3) is 5.57 Å². The van der Waals surface area contributed by atoms with Gasteiger partial charge in [-0.25, -0.2) is 8.78 Å². The Morgan fingerprint density at radius 1 is 1.00 bits per heavy atom. The summed E-state index contributed by atoms with van der Waals surface area (Å²) in [6.07, 6.45) is 7.04. The van der Waals surface area contributed by atoms with E-state index in [0.29, 0.717) is 23.8 Å². The van der Waals surface area contributed by atoms with E-state index < -0.39 is 23.7 Å². The number of hydrogen-bond acceptors (Lipinski definition) is 1. The number of allylic oxidation sites excluding steroid dienone is 2. The van der Waals surface area contributed by atoms with E-state index in [0.717, 1.165) is 36.5 Å². The van der Waals surface area contributed by atoms with Crippen LogP contribution in [0.5, 0.6) is 5.75 Å². The molecule has 0 saturated heterocycles. The van der Waals surface area contributed by atoms with Crippen LogP contribution in [0.4, 0.5) is 22.0 Å². The molecule has 1 saturated carbocycles. The Kier molecular flexibility index (Phi) is 6.66. The molecule has 0 heterocycles. The maximum absolute atomic E-state index is 14.0. The average molecular weight is 404 g/mol. The van der Waals surface area contributed by atoms with Gasteiger partial charge in [0.15, 0.2) is 11.6 Å². The minimum Gasteiger partial charge on any atom is -0.399 e. The van der Waals surface area contributed by atoms with E-state index in [1.165, 1.54) is 38.5 Å². The van der Waals surface area contributed by atoms with Crippen LogP contribution in [-0.4, -0.2) is 6.36 Å². The van der Waals surface area contributed by atoms with Crippen molar-refractivity contribution in [3.63, 3.8) is 0 Å². The largest absolute Gasteiger partial charge is 0.573 e. The van der Waals surface area contributed by atoms with Crippen LogP contribution < -0.4 is 4.74 Å². The highest BCUT2D eigenvalue weighted by molar-refractivity contribution is 5.67. The summed E-state index contributed by atoms with van der Waals surface area (Å²) in [4.78, 5) is 0. The van der Waals surface area contributed by atoms with Crippen molar-refractivity contribution in [1.29, 1.82) is 0 Å². The lowest BCUT2D eigenvalue weighted by Crippen LogP contribution is -2.23. The lowest BCUT2D eigenvalue weighted by molar-refractivity contribution is -0.276. The van der Waals surface area contributed by atoms with Crippen LogP contribution in [0.3, 0.4) is 0 Å². The Morgan fingerprint density at radius 2 is 1.64 bits per heavy atom. The molecule has 0 aromatic heterocycles. The molecule has 1 nitrogen and oxygen atoms in total. The summed E-state index contributed by atoms with van der Waals surface area (Å²) in [5.41, 5.74) is 1.10. The second-order valence-electron chi connectivity index (χ2n) is 8.15. The second kappa shape index (κ2) is 8.83. The zero-order chi connectivity index (χ0) is 20.3. The fraction of sp³-hybridized carbons (Fsp3) is 0.636. The highest BCUT2D eigenvalue weighted by Gasteiger charge is 2.34. The van der Waals surface area contributed by atoms with Gasteiger partial charge in [0.1, 0.15) is 0 Å². The van der Waals surface area contributed by atoms with E-state index in [2.05, 4.69) is 11.7 Å². The molecule has 158 valence electrons. The minimum absolute atomic E-state index is 0. The lowest BCUT2D eigenvalue weighted by atomic mass is 9.70. The van der Waals surface area contributed by atoms with Crippen molar-refractivity contribution >= 4 is 5.57 Å². The van der Waals surface area contributed by atoms with Crippen LogP contribution in [-0.2, 0) is 0 Å². The van der Waals surface area contributed by atoms with Crippen molar-refractivity contribution in [2.45, 2.75) is 71.1 Å². The molecule has 0 amide bonds. The van der Waals surface area contributed by atoms with Gasteiger partial charge in [-0.1, -0.05) is 38.7 Å². The van der Waals surface area contributed by atoms with Crippen molar-refractivity contribution < 1.29 is 28.1 Å². The van der Waals surface area contributed by atoms with Gasteiger partial charge in [0.25, 0.3) is 0 Å². The molecule has 1 unspecified atom stereocenters. The molecule has 1 fully saturated rings. The van der Waals surface area contributed by atoms with Crippen molar-refractivity contribution in [2.75, 3.05) is 0 Å². The fourth-order valence-corrected chi connectivity index (χ4v) is 4.86. The Morgan fingerprint density at radius 3 is 2.14 bits per heavy atom. The SMILES string of the molecule is CCCC1CCC(C2CC=C(c3cc(F)c(OC(F)(F)F)c(F)c3)CC2)CC1.[HH]. The molecule has 1 aromatic carbocycles. The maximum Gasteiger partial charge on any atom is 0.573 e. The van der Waals surface area contributed by atoms with Gasteiger partial charge in [-0.15, -0.1) is 13.2 Å². The number of rotatable bonds is 5. The molecule has 6 heteroatoms. The van der Waals surface area contributed by atoms with Crippen molar-refractivity contribution in [2.24, 2.45) is 17.8 Å². The Balaban J connectivity index is 0.00000300. The first-order chi connectivity index (χ1) is 13.3. The van der Waals surface area contributed by atoms with Gasteiger partial charge in [-0.3, -0.25) is 0 Å². The van der Waals surface area contributed by atoms with Crippen molar-refractivity contribution in [1.82, 2.24) is 0 Å². The third-order valence-corrected chi connectivity index (χ3v) is 6.29. The van der Waals surface area contributed by atoms with Crippen LogP contribution in [0, 0.1) is 29.4 Å². The van der Waals surface area contributed by atoms with Crippen LogP contribution >= 0.6 is 0 Å². The highest BCUT2D eigenvalue weighted by Crippen LogP contribution is 2.42. The molecule has 1 atom stereocenters. The fourth-order valence-electron chi connectivity index (χ4n) is 4.86. The van der Waals surface area contributed by atoms with E-state index in [9.17, 15) is 22.0 Å². The van der Waals surface area contributed by atoms with Crippen molar-refractivity contribution in [3.05, 3.63) is 35.4 Å². The van der Waals surface area contributed by atoms with Gasteiger partial charge >= 0.3 is 6.36 Å². The minimum atomic E-state index is -5.13. The van der Waals surface area contributed by atoms with Gasteiger partial charge in [-0.05, 0) is 73.1 Å². The first kappa shape index (κ1) is 21.1. The van der Waals surface area contributed by atoms with Gasteiger partial charge in [0.05, 0.1) is 0 Å². The number of ether oxygens (including phenoxy) is 1. The zero-order valence-corrected chi connectivity index (χ0v) is 16.1. The second-order valence-corrected chi connectivity index (χ2v) is 8.15. The number of benzene rings is 1. The molecule has 0 spiro atoms. The molecule has 1 aromatic rings. The van der Waals surface area contributed by atoms with E-state index in [1.54, 1.807) is 0 Å². The molecule has 3 rings (SSSR count). The van der Waals surface area contributed by atoms with Gasteiger partial charge < -0.3 is 4.74 Å². The molecule has 0 bridgehead atoms. The molecule has 0 aliphatic heterocycles. The summed E-state index contributed by atoms with van der Waals surface area (Å²) in [7, 11) is 0. The van der Waals surface area contributed by atoms with Crippen LogP contribution in [0.15, 0.2) is 18.2 Å². The summed E-state index contributed by atoms with van der Waals surface area (Å²) < 4.78 is 68.2. The number of alkyl halides is 3.